The van der Waals surface area contributed by atoms with Crippen LogP contribution in [0.3, 0.4) is 0 Å². The van der Waals surface area contributed by atoms with Crippen molar-refractivity contribution in [1.82, 2.24) is 9.97 Å². The van der Waals surface area contributed by atoms with E-state index in [1.165, 1.54) is 0 Å². The van der Waals surface area contributed by atoms with Gasteiger partial charge in [0.15, 0.2) is 5.82 Å². The molecule has 3 N–H and O–H groups in total. The van der Waals surface area contributed by atoms with Crippen molar-refractivity contribution in [2.24, 2.45) is 5.73 Å². The van der Waals surface area contributed by atoms with Crippen molar-refractivity contribution in [3.05, 3.63) is 72.1 Å². The van der Waals surface area contributed by atoms with Crippen molar-refractivity contribution < 1.29 is 19.4 Å². The summed E-state index contributed by atoms with van der Waals surface area (Å²) >= 11 is 0. The summed E-state index contributed by atoms with van der Waals surface area (Å²) in [7, 11) is 1.60. The molecule has 7 heteroatoms. The minimum Gasteiger partial charge on any atom is -0.496 e. The number of carboxylic acids is 1. The van der Waals surface area contributed by atoms with Gasteiger partial charge >= 0.3 is 5.97 Å². The number of nitrogens with zero attached hydrogens (tertiary/aromatic N) is 2. The van der Waals surface area contributed by atoms with Crippen LogP contribution in [0.15, 0.2) is 60.8 Å². The first-order chi connectivity index (χ1) is 13.6. The van der Waals surface area contributed by atoms with Crippen LogP contribution in [-0.4, -0.2) is 34.2 Å². The molecule has 1 atom stereocenters. The van der Waals surface area contributed by atoms with Gasteiger partial charge in [0.05, 0.1) is 18.4 Å². The Kier molecular flexibility index (Phi) is 6.18. The SMILES string of the molecule is COc1ccccc1-c1nccc(COc2ccccc2C[C@@H](N)C(=O)O)n1. The molecule has 0 bridgehead atoms. The van der Waals surface area contributed by atoms with Gasteiger partial charge in [0, 0.05) is 12.6 Å². The molecule has 2 aromatic carbocycles. The van der Waals surface area contributed by atoms with Gasteiger partial charge in [-0.15, -0.1) is 0 Å². The quantitative estimate of drug-likeness (QED) is 0.619. The molecular weight excluding hydrogens is 358 g/mol. The maximum atomic E-state index is 11.0. The minimum atomic E-state index is -1.05. The van der Waals surface area contributed by atoms with E-state index in [9.17, 15) is 4.79 Å². The van der Waals surface area contributed by atoms with Crippen LogP contribution in [0.25, 0.3) is 11.4 Å². The first-order valence-corrected chi connectivity index (χ1v) is 8.73. The second-order valence-corrected chi connectivity index (χ2v) is 6.12. The first-order valence-electron chi connectivity index (χ1n) is 8.73. The summed E-state index contributed by atoms with van der Waals surface area (Å²) in [6.07, 6.45) is 1.85. The Hall–Kier alpha value is -3.45. The molecule has 0 unspecified atom stereocenters. The lowest BCUT2D eigenvalue weighted by Gasteiger charge is -2.13. The highest BCUT2D eigenvalue weighted by Gasteiger charge is 2.15. The van der Waals surface area contributed by atoms with Gasteiger partial charge in [-0.2, -0.15) is 0 Å². The maximum absolute atomic E-state index is 11.0. The number of ether oxygens (including phenoxy) is 2. The van der Waals surface area contributed by atoms with Crippen molar-refractivity contribution in [2.45, 2.75) is 19.1 Å². The standard InChI is InChI=1S/C21H21N3O4/c1-27-19-9-5-3-7-16(19)20-23-11-10-15(24-20)13-28-18-8-4-2-6-14(18)12-17(22)21(25)26/h2-11,17H,12-13,22H2,1H3,(H,25,26)/t17-/m1/s1. The molecule has 7 nitrogen and oxygen atoms in total. The number of methoxy groups -OCH3 is 1. The Morgan fingerprint density at radius 1 is 1.11 bits per heavy atom. The van der Waals surface area contributed by atoms with Gasteiger partial charge in [0.2, 0.25) is 0 Å². The van der Waals surface area contributed by atoms with Crippen LogP contribution in [0.4, 0.5) is 0 Å². The number of hydrogen-bond donors (Lipinski definition) is 2. The lowest BCUT2D eigenvalue weighted by Crippen LogP contribution is -2.32. The molecule has 1 heterocycles. The van der Waals surface area contributed by atoms with Crippen molar-refractivity contribution in [3.8, 4) is 22.9 Å². The summed E-state index contributed by atoms with van der Waals surface area (Å²) in [5.74, 6) is 0.761. The highest BCUT2D eigenvalue weighted by atomic mass is 16.5. The number of nitrogens with two attached hydrogens (primary N) is 1. The molecule has 0 aliphatic heterocycles. The fourth-order valence-corrected chi connectivity index (χ4v) is 2.72. The second-order valence-electron chi connectivity index (χ2n) is 6.12. The zero-order valence-electron chi connectivity index (χ0n) is 15.4. The molecule has 0 aliphatic carbocycles. The Labute approximate surface area is 162 Å². The van der Waals surface area contributed by atoms with E-state index in [-0.39, 0.29) is 13.0 Å². The third-order valence-corrected chi connectivity index (χ3v) is 4.17. The van der Waals surface area contributed by atoms with Gasteiger partial charge in [-0.05, 0) is 29.8 Å². The molecule has 0 saturated heterocycles. The number of benzene rings is 2. The number of aromatic nitrogens is 2. The summed E-state index contributed by atoms with van der Waals surface area (Å²) in [4.78, 5) is 19.9. The van der Waals surface area contributed by atoms with Crippen molar-refractivity contribution in [3.63, 3.8) is 0 Å². The highest BCUT2D eigenvalue weighted by molar-refractivity contribution is 5.73. The minimum absolute atomic E-state index is 0.182. The number of para-hydroxylation sites is 2. The molecule has 1 aromatic heterocycles. The molecule has 0 radical (unpaired) electrons. The first kappa shape index (κ1) is 19.3. The zero-order chi connectivity index (χ0) is 19.9. The Balaban J connectivity index is 1.77. The molecule has 0 aliphatic rings. The van der Waals surface area contributed by atoms with Crippen LogP contribution in [0.2, 0.25) is 0 Å². The molecule has 3 rings (SSSR count). The summed E-state index contributed by atoms with van der Waals surface area (Å²) in [6, 6.07) is 15.5. The van der Waals surface area contributed by atoms with Crippen LogP contribution in [0, 0.1) is 0 Å². The molecule has 3 aromatic rings. The molecule has 0 fully saturated rings. The average molecular weight is 379 g/mol. The third-order valence-electron chi connectivity index (χ3n) is 4.17. The van der Waals surface area contributed by atoms with Crippen LogP contribution in [-0.2, 0) is 17.8 Å². The van der Waals surface area contributed by atoms with Gasteiger partial charge in [-0.25, -0.2) is 9.97 Å². The molecule has 28 heavy (non-hydrogen) atoms. The largest absolute Gasteiger partial charge is 0.496 e. The lowest BCUT2D eigenvalue weighted by molar-refractivity contribution is -0.138. The van der Waals surface area contributed by atoms with E-state index in [2.05, 4.69) is 9.97 Å². The van der Waals surface area contributed by atoms with Gasteiger partial charge < -0.3 is 20.3 Å². The van der Waals surface area contributed by atoms with E-state index in [0.717, 1.165) is 11.1 Å². The van der Waals surface area contributed by atoms with E-state index >= 15 is 0 Å². The molecule has 0 spiro atoms. The molecule has 0 saturated carbocycles. The second kappa shape index (κ2) is 8.96. The van der Waals surface area contributed by atoms with E-state index in [1.807, 2.05) is 36.4 Å². The fraction of sp³-hybridized carbons (Fsp3) is 0.190. The van der Waals surface area contributed by atoms with Gasteiger partial charge in [0.25, 0.3) is 0 Å². The Bertz CT molecular complexity index is 962. The van der Waals surface area contributed by atoms with Crippen molar-refractivity contribution in [2.75, 3.05) is 7.11 Å². The number of aliphatic carboxylic acids is 1. The molecule has 144 valence electrons. The predicted molar refractivity (Wildman–Crippen MR) is 104 cm³/mol. The Morgan fingerprint density at radius 3 is 2.57 bits per heavy atom. The number of rotatable bonds is 8. The van der Waals surface area contributed by atoms with E-state index < -0.39 is 12.0 Å². The number of carboxylic acid groups (broad SMARTS) is 1. The molecule has 0 amide bonds. The van der Waals surface area contributed by atoms with Crippen molar-refractivity contribution >= 4 is 5.97 Å². The summed E-state index contributed by atoms with van der Waals surface area (Å²) in [6.45, 7) is 0.212. The smallest absolute Gasteiger partial charge is 0.320 e. The summed E-state index contributed by atoms with van der Waals surface area (Å²) < 4.78 is 11.3. The van der Waals surface area contributed by atoms with Crippen LogP contribution in [0.1, 0.15) is 11.3 Å². The van der Waals surface area contributed by atoms with Gasteiger partial charge in [-0.3, -0.25) is 4.79 Å². The third kappa shape index (κ3) is 4.63. The predicted octanol–water partition coefficient (Wildman–Crippen LogP) is 2.69. The van der Waals surface area contributed by atoms with Crippen LogP contribution < -0.4 is 15.2 Å². The molecular formula is C21H21N3O4. The zero-order valence-corrected chi connectivity index (χ0v) is 15.4. The Morgan fingerprint density at radius 2 is 1.82 bits per heavy atom. The average Bonchev–Trinajstić information content (AvgIpc) is 2.73. The fourth-order valence-electron chi connectivity index (χ4n) is 2.72. The normalized spacial score (nSPS) is 11.6. The van der Waals surface area contributed by atoms with Crippen molar-refractivity contribution in [1.29, 1.82) is 0 Å². The highest BCUT2D eigenvalue weighted by Crippen LogP contribution is 2.27. The summed E-state index contributed by atoms with van der Waals surface area (Å²) in [5.41, 5.74) is 7.86. The maximum Gasteiger partial charge on any atom is 0.320 e. The van der Waals surface area contributed by atoms with E-state index in [1.54, 1.807) is 31.5 Å². The van der Waals surface area contributed by atoms with Gasteiger partial charge in [-0.1, -0.05) is 30.3 Å². The monoisotopic (exact) mass is 379 g/mol. The topological polar surface area (TPSA) is 108 Å². The number of carbonyl (C=O) groups is 1. The summed E-state index contributed by atoms with van der Waals surface area (Å²) in [5, 5.41) is 9.03. The van der Waals surface area contributed by atoms with Crippen LogP contribution in [0.5, 0.6) is 11.5 Å². The van der Waals surface area contributed by atoms with Crippen LogP contribution >= 0.6 is 0 Å². The lowest BCUT2D eigenvalue weighted by atomic mass is 10.1. The van der Waals surface area contributed by atoms with E-state index in [0.29, 0.717) is 23.0 Å². The van der Waals surface area contributed by atoms with Gasteiger partial charge in [0.1, 0.15) is 24.1 Å². The van der Waals surface area contributed by atoms with E-state index in [4.69, 9.17) is 20.3 Å². The number of hydrogen-bond acceptors (Lipinski definition) is 6.